The molecule has 3 rings (SSSR count). The van der Waals surface area contributed by atoms with Crippen molar-refractivity contribution in [2.75, 3.05) is 6.61 Å². The number of hydrazone groups is 1. The van der Waals surface area contributed by atoms with Gasteiger partial charge in [0.2, 0.25) is 17.5 Å². The lowest BCUT2D eigenvalue weighted by Crippen LogP contribution is -2.41. The van der Waals surface area contributed by atoms with Gasteiger partial charge in [-0.05, 0) is 42.8 Å². The summed E-state index contributed by atoms with van der Waals surface area (Å²) in [4.78, 5) is 12.0. The predicted molar refractivity (Wildman–Crippen MR) is 96.5 cm³/mol. The zero-order valence-electron chi connectivity index (χ0n) is 14.6. The van der Waals surface area contributed by atoms with Crippen molar-refractivity contribution in [1.29, 1.82) is 0 Å². The first-order chi connectivity index (χ1) is 12.3. The average Bonchev–Trinajstić information content (AvgIpc) is 2.93. The van der Waals surface area contributed by atoms with Crippen LogP contribution in [0.1, 0.15) is 25.0 Å². The molecule has 0 unspecified atom stereocenters. The van der Waals surface area contributed by atoms with Gasteiger partial charge in [-0.3, -0.25) is 4.79 Å². The summed E-state index contributed by atoms with van der Waals surface area (Å²) in [6, 6.07) is 11.0. The molecular weight excluding hydrogens is 359 g/mol. The molecule has 26 heavy (non-hydrogen) atoms. The molecule has 0 saturated carbocycles. The molecule has 1 aliphatic heterocycles. The summed E-state index contributed by atoms with van der Waals surface area (Å²) in [5.41, 5.74) is 0.323. The normalized spacial score (nSPS) is 19.1. The van der Waals surface area contributed by atoms with E-state index in [1.807, 2.05) is 6.92 Å². The van der Waals surface area contributed by atoms with Crippen LogP contribution in [0.25, 0.3) is 0 Å². The van der Waals surface area contributed by atoms with Gasteiger partial charge in [-0.15, -0.1) is 5.10 Å². The number of amides is 1. The quantitative estimate of drug-likeness (QED) is 0.802. The third kappa shape index (κ3) is 3.51. The number of halogens is 2. The predicted octanol–water partition coefficient (Wildman–Crippen LogP) is 4.23. The average molecular weight is 377 g/mol. The van der Waals surface area contributed by atoms with Crippen molar-refractivity contribution in [3.05, 3.63) is 64.4 Å². The minimum atomic E-state index is -1.16. The molecule has 136 valence electrons. The summed E-state index contributed by atoms with van der Waals surface area (Å²) >= 11 is 5.94. The van der Waals surface area contributed by atoms with Gasteiger partial charge in [0.25, 0.3) is 0 Å². The second kappa shape index (κ2) is 6.96. The first kappa shape index (κ1) is 18.2. The van der Waals surface area contributed by atoms with Gasteiger partial charge < -0.3 is 9.47 Å². The minimum absolute atomic E-state index is 0.0447. The Labute approximate surface area is 156 Å². The van der Waals surface area contributed by atoms with Crippen molar-refractivity contribution in [3.8, 4) is 5.75 Å². The zero-order valence-corrected chi connectivity index (χ0v) is 15.4. The summed E-state index contributed by atoms with van der Waals surface area (Å²) in [5.74, 6) is 0.230. The van der Waals surface area contributed by atoms with E-state index in [2.05, 4.69) is 5.10 Å². The summed E-state index contributed by atoms with van der Waals surface area (Å²) in [5, 5.41) is 6.09. The highest BCUT2D eigenvalue weighted by Crippen LogP contribution is 2.35. The number of nitrogens with zero attached hydrogens (tertiary/aromatic N) is 2. The maximum atomic E-state index is 13.2. The van der Waals surface area contributed by atoms with Crippen LogP contribution < -0.4 is 4.74 Å². The van der Waals surface area contributed by atoms with E-state index in [1.165, 1.54) is 24.1 Å². The molecule has 0 bridgehead atoms. The van der Waals surface area contributed by atoms with Crippen LogP contribution in [0, 0.1) is 12.7 Å². The largest absolute Gasteiger partial charge is 0.484 e. The van der Waals surface area contributed by atoms with Gasteiger partial charge in [0.1, 0.15) is 11.6 Å². The Balaban J connectivity index is 1.80. The molecular formula is C19H18ClFN2O3. The van der Waals surface area contributed by atoms with E-state index < -0.39 is 5.72 Å². The Morgan fingerprint density at radius 3 is 2.62 bits per heavy atom. The monoisotopic (exact) mass is 376 g/mol. The molecule has 0 aromatic heterocycles. The van der Waals surface area contributed by atoms with Crippen molar-refractivity contribution in [1.82, 2.24) is 5.01 Å². The van der Waals surface area contributed by atoms with Gasteiger partial charge in [-0.1, -0.05) is 23.7 Å². The van der Waals surface area contributed by atoms with Crippen LogP contribution in [0.15, 0.2) is 47.6 Å². The van der Waals surface area contributed by atoms with Crippen LogP contribution in [-0.4, -0.2) is 23.4 Å². The Kier molecular flexibility index (Phi) is 4.87. The molecule has 5 nitrogen and oxygen atoms in total. The molecule has 2 aromatic rings. The van der Waals surface area contributed by atoms with Crippen LogP contribution in [0.3, 0.4) is 0 Å². The molecule has 1 heterocycles. The number of hydrogen-bond donors (Lipinski definition) is 0. The Morgan fingerprint density at radius 1 is 1.31 bits per heavy atom. The van der Waals surface area contributed by atoms with Crippen LogP contribution >= 0.6 is 11.6 Å². The number of rotatable bonds is 4. The van der Waals surface area contributed by atoms with E-state index in [1.54, 1.807) is 37.3 Å². The van der Waals surface area contributed by atoms with Gasteiger partial charge in [0, 0.05) is 24.4 Å². The minimum Gasteiger partial charge on any atom is -0.484 e. The molecule has 0 aliphatic carbocycles. The van der Waals surface area contributed by atoms with Gasteiger partial charge in [-0.2, -0.15) is 5.01 Å². The number of benzene rings is 2. The third-order valence-corrected chi connectivity index (χ3v) is 4.33. The topological polar surface area (TPSA) is 51.1 Å². The van der Waals surface area contributed by atoms with E-state index in [4.69, 9.17) is 21.1 Å². The highest BCUT2D eigenvalue weighted by molar-refractivity contribution is 6.30. The number of aryl methyl sites for hydroxylation is 1. The van der Waals surface area contributed by atoms with Crippen molar-refractivity contribution in [2.45, 2.75) is 26.5 Å². The maximum Gasteiger partial charge on any atom is 0.247 e. The molecule has 1 amide bonds. The third-order valence-electron chi connectivity index (χ3n) is 4.10. The van der Waals surface area contributed by atoms with Crippen LogP contribution in [0.2, 0.25) is 5.02 Å². The SMILES string of the molecule is CC(=O)N1N=C(COc2ccc(Cl)cc2C)O[C@]1(C)c1ccc(F)cc1. The standard InChI is InChI=1S/C19H18ClFN2O3/c1-12-10-15(20)6-9-17(12)25-11-18-22-23(13(2)24)19(3,26-18)14-4-7-16(21)8-5-14/h4-10H,11H2,1-3H3/t19-/m1/s1. The number of hydrogen-bond acceptors (Lipinski definition) is 4. The van der Waals surface area contributed by atoms with Crippen molar-refractivity contribution >= 4 is 23.4 Å². The summed E-state index contributed by atoms with van der Waals surface area (Å²) < 4.78 is 24.9. The summed E-state index contributed by atoms with van der Waals surface area (Å²) in [6.45, 7) is 5.01. The molecule has 0 fully saturated rings. The second-order valence-electron chi connectivity index (χ2n) is 6.11. The van der Waals surface area contributed by atoms with Crippen LogP contribution in [-0.2, 0) is 15.3 Å². The fourth-order valence-corrected chi connectivity index (χ4v) is 3.01. The molecule has 0 N–H and O–H groups in total. The fourth-order valence-electron chi connectivity index (χ4n) is 2.78. The lowest BCUT2D eigenvalue weighted by atomic mass is 10.0. The van der Waals surface area contributed by atoms with Gasteiger partial charge in [0.15, 0.2) is 6.61 Å². The lowest BCUT2D eigenvalue weighted by molar-refractivity contribution is -0.146. The molecule has 1 aliphatic rings. The first-order valence-corrected chi connectivity index (χ1v) is 8.39. The fraction of sp³-hybridized carbons (Fsp3) is 0.263. The van der Waals surface area contributed by atoms with E-state index >= 15 is 0 Å². The van der Waals surface area contributed by atoms with Crippen LogP contribution in [0.4, 0.5) is 4.39 Å². The lowest BCUT2D eigenvalue weighted by Gasteiger charge is -2.31. The number of ether oxygens (including phenoxy) is 2. The maximum absolute atomic E-state index is 13.2. The zero-order chi connectivity index (χ0) is 18.9. The van der Waals surface area contributed by atoms with Crippen LogP contribution in [0.5, 0.6) is 5.75 Å². The number of carbonyl (C=O) groups is 1. The van der Waals surface area contributed by atoms with Crippen molar-refractivity contribution in [2.24, 2.45) is 5.10 Å². The van der Waals surface area contributed by atoms with Gasteiger partial charge >= 0.3 is 0 Å². The molecule has 7 heteroatoms. The van der Waals surface area contributed by atoms with Gasteiger partial charge in [-0.25, -0.2) is 4.39 Å². The molecule has 2 aromatic carbocycles. The van der Waals surface area contributed by atoms with Gasteiger partial charge in [0.05, 0.1) is 0 Å². The Morgan fingerprint density at radius 2 is 2.00 bits per heavy atom. The molecule has 1 atom stereocenters. The van der Waals surface area contributed by atoms with E-state index in [-0.39, 0.29) is 24.2 Å². The summed E-state index contributed by atoms with van der Waals surface area (Å²) in [6.07, 6.45) is 0. The highest BCUT2D eigenvalue weighted by atomic mass is 35.5. The smallest absolute Gasteiger partial charge is 0.247 e. The second-order valence-corrected chi connectivity index (χ2v) is 6.55. The molecule has 0 saturated heterocycles. The summed E-state index contributed by atoms with van der Waals surface area (Å²) in [7, 11) is 0. The highest BCUT2D eigenvalue weighted by Gasteiger charge is 2.44. The molecule has 0 radical (unpaired) electrons. The van der Waals surface area contributed by atoms with E-state index in [0.29, 0.717) is 16.3 Å². The first-order valence-electron chi connectivity index (χ1n) is 8.02. The Bertz CT molecular complexity index is 870. The Hall–Kier alpha value is -2.60. The van der Waals surface area contributed by atoms with E-state index in [0.717, 1.165) is 5.56 Å². The number of carbonyl (C=O) groups excluding carboxylic acids is 1. The molecule has 0 spiro atoms. The van der Waals surface area contributed by atoms with Crippen molar-refractivity contribution in [3.63, 3.8) is 0 Å². The van der Waals surface area contributed by atoms with Crippen molar-refractivity contribution < 1.29 is 18.7 Å². The van der Waals surface area contributed by atoms with E-state index in [9.17, 15) is 9.18 Å².